The van der Waals surface area contributed by atoms with Crippen LogP contribution in [0.3, 0.4) is 0 Å². The number of rotatable bonds is 4. The summed E-state index contributed by atoms with van der Waals surface area (Å²) in [7, 11) is 0. The maximum Gasteiger partial charge on any atom is 0.224 e. The molecule has 1 heterocycles. The normalized spacial score (nSPS) is 13.2. The molecule has 3 rings (SSSR count). The first-order valence-corrected chi connectivity index (χ1v) is 7.53. The predicted molar refractivity (Wildman–Crippen MR) is 85.3 cm³/mol. The molecule has 2 aromatic carbocycles. The average molecular weight is 312 g/mol. The zero-order valence-corrected chi connectivity index (χ0v) is 12.6. The zero-order chi connectivity index (χ0) is 16.2. The number of benzene rings is 2. The van der Waals surface area contributed by atoms with Gasteiger partial charge in [-0.1, -0.05) is 30.3 Å². The van der Waals surface area contributed by atoms with Crippen molar-refractivity contribution in [2.45, 2.75) is 25.8 Å². The van der Waals surface area contributed by atoms with Crippen LogP contribution in [0.25, 0.3) is 0 Å². The fourth-order valence-corrected chi connectivity index (χ4v) is 2.63. The third-order valence-corrected chi connectivity index (χ3v) is 3.86. The largest absolute Gasteiger partial charge is 0.352 e. The van der Waals surface area contributed by atoms with Crippen LogP contribution in [-0.4, -0.2) is 11.8 Å². The number of anilines is 1. The summed E-state index contributed by atoms with van der Waals surface area (Å²) >= 11 is 0. The van der Waals surface area contributed by atoms with Gasteiger partial charge in [-0.15, -0.1) is 0 Å². The highest BCUT2D eigenvalue weighted by molar-refractivity contribution is 5.94. The van der Waals surface area contributed by atoms with E-state index in [-0.39, 0.29) is 30.6 Å². The van der Waals surface area contributed by atoms with Gasteiger partial charge in [0.15, 0.2) is 0 Å². The van der Waals surface area contributed by atoms with Crippen molar-refractivity contribution in [2.24, 2.45) is 0 Å². The number of amides is 2. The van der Waals surface area contributed by atoms with E-state index in [1.165, 1.54) is 6.07 Å². The van der Waals surface area contributed by atoms with Crippen LogP contribution in [0.1, 0.15) is 23.1 Å². The van der Waals surface area contributed by atoms with Crippen molar-refractivity contribution in [3.8, 4) is 0 Å². The Kier molecular flexibility index (Phi) is 4.37. The predicted octanol–water partition coefficient (Wildman–Crippen LogP) is 2.57. The molecule has 0 spiro atoms. The van der Waals surface area contributed by atoms with Gasteiger partial charge in [-0.25, -0.2) is 4.39 Å². The highest BCUT2D eigenvalue weighted by Gasteiger charge is 2.15. The lowest BCUT2D eigenvalue weighted by molar-refractivity contribution is -0.120. The van der Waals surface area contributed by atoms with E-state index in [0.717, 1.165) is 16.8 Å². The Labute approximate surface area is 133 Å². The van der Waals surface area contributed by atoms with Crippen LogP contribution in [0.4, 0.5) is 10.1 Å². The first-order chi connectivity index (χ1) is 11.1. The number of carbonyl (C=O) groups excluding carboxylic acids is 2. The summed E-state index contributed by atoms with van der Waals surface area (Å²) in [6, 6.07) is 12.0. The molecular weight excluding hydrogens is 295 g/mol. The van der Waals surface area contributed by atoms with Gasteiger partial charge < -0.3 is 10.6 Å². The summed E-state index contributed by atoms with van der Waals surface area (Å²) in [6.07, 6.45) is 1.39. The molecule has 4 nitrogen and oxygen atoms in total. The van der Waals surface area contributed by atoms with Gasteiger partial charge in [0.1, 0.15) is 5.82 Å². The Morgan fingerprint density at radius 1 is 1.17 bits per heavy atom. The number of hydrogen-bond acceptors (Lipinski definition) is 2. The second-order valence-electron chi connectivity index (χ2n) is 5.58. The number of nitrogens with one attached hydrogen (secondary N) is 2. The van der Waals surface area contributed by atoms with Gasteiger partial charge in [0.05, 0.1) is 6.42 Å². The smallest absolute Gasteiger partial charge is 0.224 e. The molecule has 5 heteroatoms. The molecule has 1 aliphatic rings. The summed E-state index contributed by atoms with van der Waals surface area (Å²) in [5, 5.41) is 5.54. The molecule has 23 heavy (non-hydrogen) atoms. The summed E-state index contributed by atoms with van der Waals surface area (Å²) in [4.78, 5) is 23.3. The second kappa shape index (κ2) is 6.60. The molecule has 0 saturated carbocycles. The molecule has 0 fully saturated rings. The molecule has 0 bridgehead atoms. The van der Waals surface area contributed by atoms with E-state index in [9.17, 15) is 14.0 Å². The van der Waals surface area contributed by atoms with Crippen LogP contribution in [0.2, 0.25) is 0 Å². The molecule has 0 radical (unpaired) electrons. The Balaban J connectivity index is 1.60. The summed E-state index contributed by atoms with van der Waals surface area (Å²) < 4.78 is 13.5. The van der Waals surface area contributed by atoms with Gasteiger partial charge in [0, 0.05) is 24.2 Å². The second-order valence-corrected chi connectivity index (χ2v) is 5.58. The van der Waals surface area contributed by atoms with Crippen molar-refractivity contribution in [2.75, 3.05) is 5.32 Å². The van der Waals surface area contributed by atoms with Crippen LogP contribution in [-0.2, 0) is 29.0 Å². The molecule has 0 aliphatic carbocycles. The van der Waals surface area contributed by atoms with Gasteiger partial charge in [-0.2, -0.15) is 0 Å². The molecule has 1 aliphatic heterocycles. The summed E-state index contributed by atoms with van der Waals surface area (Å²) in [5.74, 6) is -0.460. The third kappa shape index (κ3) is 3.74. The molecule has 2 N–H and O–H groups in total. The van der Waals surface area contributed by atoms with Gasteiger partial charge in [0.2, 0.25) is 11.8 Å². The molecule has 0 unspecified atom stereocenters. The first kappa shape index (κ1) is 15.2. The Hall–Kier alpha value is -2.69. The molecule has 118 valence electrons. The molecule has 0 saturated heterocycles. The minimum atomic E-state index is -0.322. The Morgan fingerprint density at radius 2 is 2.00 bits per heavy atom. The lowest BCUT2D eigenvalue weighted by atomic mass is 9.99. The fourth-order valence-electron chi connectivity index (χ4n) is 2.63. The SMILES string of the molecule is O=C(Cc1ccc2c(c1)CCC(=O)N2)NCc1ccccc1F. The van der Waals surface area contributed by atoms with Crippen molar-refractivity contribution >= 4 is 17.5 Å². The van der Waals surface area contributed by atoms with Crippen LogP contribution in [0.15, 0.2) is 42.5 Å². The number of hydrogen-bond donors (Lipinski definition) is 2. The highest BCUT2D eigenvalue weighted by Crippen LogP contribution is 2.23. The molecule has 2 amide bonds. The number of aryl methyl sites for hydroxylation is 1. The number of carbonyl (C=O) groups is 2. The van der Waals surface area contributed by atoms with E-state index >= 15 is 0 Å². The topological polar surface area (TPSA) is 58.2 Å². The van der Waals surface area contributed by atoms with E-state index in [0.29, 0.717) is 18.4 Å². The summed E-state index contributed by atoms with van der Waals surface area (Å²) in [6.45, 7) is 0.173. The lowest BCUT2D eigenvalue weighted by Gasteiger charge is -2.17. The van der Waals surface area contributed by atoms with E-state index in [2.05, 4.69) is 10.6 Å². The standard InChI is InChI=1S/C18H17FN2O2/c19-15-4-2-1-3-14(15)11-20-18(23)10-12-5-7-16-13(9-12)6-8-17(22)21-16/h1-5,7,9H,6,8,10-11H2,(H,20,23)(H,21,22). The Bertz CT molecular complexity index is 758. The van der Waals surface area contributed by atoms with Crippen molar-refractivity contribution < 1.29 is 14.0 Å². The van der Waals surface area contributed by atoms with E-state index in [1.807, 2.05) is 18.2 Å². The molecule has 0 aromatic heterocycles. The minimum absolute atomic E-state index is 0.0212. The van der Waals surface area contributed by atoms with Crippen molar-refractivity contribution in [3.63, 3.8) is 0 Å². The number of halogens is 1. The monoisotopic (exact) mass is 312 g/mol. The molecule has 0 atom stereocenters. The quantitative estimate of drug-likeness (QED) is 0.911. The van der Waals surface area contributed by atoms with Crippen LogP contribution < -0.4 is 10.6 Å². The van der Waals surface area contributed by atoms with Crippen LogP contribution >= 0.6 is 0 Å². The van der Waals surface area contributed by atoms with Gasteiger partial charge in [-0.3, -0.25) is 9.59 Å². The average Bonchev–Trinajstić information content (AvgIpc) is 2.54. The minimum Gasteiger partial charge on any atom is -0.352 e. The van der Waals surface area contributed by atoms with E-state index < -0.39 is 0 Å². The van der Waals surface area contributed by atoms with Crippen LogP contribution in [0, 0.1) is 5.82 Å². The van der Waals surface area contributed by atoms with Gasteiger partial charge >= 0.3 is 0 Å². The molecular formula is C18H17FN2O2. The third-order valence-electron chi connectivity index (χ3n) is 3.86. The fraction of sp³-hybridized carbons (Fsp3) is 0.222. The van der Waals surface area contributed by atoms with E-state index in [1.54, 1.807) is 18.2 Å². The van der Waals surface area contributed by atoms with Crippen molar-refractivity contribution in [1.82, 2.24) is 5.32 Å². The lowest BCUT2D eigenvalue weighted by Crippen LogP contribution is -2.25. The Morgan fingerprint density at radius 3 is 2.83 bits per heavy atom. The van der Waals surface area contributed by atoms with E-state index in [4.69, 9.17) is 0 Å². The summed E-state index contributed by atoms with van der Waals surface area (Å²) in [5.41, 5.74) is 3.21. The van der Waals surface area contributed by atoms with Gasteiger partial charge in [-0.05, 0) is 29.7 Å². The van der Waals surface area contributed by atoms with Crippen molar-refractivity contribution in [1.29, 1.82) is 0 Å². The van der Waals surface area contributed by atoms with Gasteiger partial charge in [0.25, 0.3) is 0 Å². The number of fused-ring (bicyclic) bond motifs is 1. The van der Waals surface area contributed by atoms with Crippen LogP contribution in [0.5, 0.6) is 0 Å². The van der Waals surface area contributed by atoms with Crippen molar-refractivity contribution in [3.05, 3.63) is 65.0 Å². The maximum atomic E-state index is 13.5. The zero-order valence-electron chi connectivity index (χ0n) is 12.6. The highest BCUT2D eigenvalue weighted by atomic mass is 19.1. The maximum absolute atomic E-state index is 13.5. The first-order valence-electron chi connectivity index (χ1n) is 7.53. The molecule has 2 aromatic rings.